The van der Waals surface area contributed by atoms with Gasteiger partial charge in [0.25, 0.3) is 0 Å². The van der Waals surface area contributed by atoms with Crippen molar-refractivity contribution in [1.82, 2.24) is 10.2 Å². The molecule has 0 aliphatic rings. The van der Waals surface area contributed by atoms with Crippen molar-refractivity contribution in [3.63, 3.8) is 0 Å². The Morgan fingerprint density at radius 2 is 1.68 bits per heavy atom. The summed E-state index contributed by atoms with van der Waals surface area (Å²) >= 11 is 2.83. The van der Waals surface area contributed by atoms with Crippen LogP contribution in [0.5, 0.6) is 11.5 Å². The molecule has 0 amide bonds. The number of rotatable bonds is 8. The number of carbonyl (C=O) groups is 1. The minimum atomic E-state index is 0.0896. The van der Waals surface area contributed by atoms with Gasteiger partial charge >= 0.3 is 0 Å². The van der Waals surface area contributed by atoms with E-state index in [4.69, 9.17) is 4.74 Å². The van der Waals surface area contributed by atoms with Crippen molar-refractivity contribution >= 4 is 39.7 Å². The number of anilines is 2. The van der Waals surface area contributed by atoms with Crippen molar-refractivity contribution in [2.75, 3.05) is 11.1 Å². The molecule has 0 radical (unpaired) electrons. The Bertz CT molecular complexity index is 1180. The summed E-state index contributed by atoms with van der Waals surface area (Å²) in [6, 6.07) is 23.1. The SMILES string of the molecule is Cc1ccc(C(=O)CSc2nnc(Nc3ccc(Oc4ccccc4)cc3)s2)cc1C. The average Bonchev–Trinajstić information content (AvgIpc) is 3.23. The van der Waals surface area contributed by atoms with Gasteiger partial charge in [-0.3, -0.25) is 4.79 Å². The van der Waals surface area contributed by atoms with E-state index in [9.17, 15) is 4.79 Å². The molecule has 0 saturated heterocycles. The number of nitrogens with one attached hydrogen (secondary N) is 1. The first-order valence-corrected chi connectivity index (χ1v) is 11.5. The van der Waals surface area contributed by atoms with Crippen LogP contribution in [0.25, 0.3) is 0 Å². The number of para-hydroxylation sites is 1. The molecule has 0 unspecified atom stereocenters. The fraction of sp³-hybridized carbons (Fsp3) is 0.125. The van der Waals surface area contributed by atoms with Gasteiger partial charge in [0.05, 0.1) is 5.75 Å². The molecule has 156 valence electrons. The maximum absolute atomic E-state index is 12.5. The van der Waals surface area contributed by atoms with Crippen LogP contribution in [0.2, 0.25) is 0 Å². The molecule has 5 nitrogen and oxygen atoms in total. The third-order valence-corrected chi connectivity index (χ3v) is 6.62. The second-order valence-corrected chi connectivity index (χ2v) is 9.15. The topological polar surface area (TPSA) is 64.1 Å². The molecule has 31 heavy (non-hydrogen) atoms. The van der Waals surface area contributed by atoms with Gasteiger partial charge in [-0.2, -0.15) is 0 Å². The molecule has 0 aliphatic carbocycles. The summed E-state index contributed by atoms with van der Waals surface area (Å²) in [6.07, 6.45) is 0. The molecule has 4 aromatic rings. The number of ether oxygens (including phenoxy) is 1. The van der Waals surface area contributed by atoms with E-state index in [1.165, 1.54) is 28.7 Å². The molecule has 0 bridgehead atoms. The number of thioether (sulfide) groups is 1. The number of hydrogen-bond donors (Lipinski definition) is 1. The maximum atomic E-state index is 12.5. The molecule has 4 rings (SSSR count). The highest BCUT2D eigenvalue weighted by Crippen LogP contribution is 2.29. The van der Waals surface area contributed by atoms with E-state index < -0.39 is 0 Å². The normalized spacial score (nSPS) is 10.6. The fourth-order valence-electron chi connectivity index (χ4n) is 2.80. The van der Waals surface area contributed by atoms with Crippen molar-refractivity contribution in [2.45, 2.75) is 18.2 Å². The van der Waals surface area contributed by atoms with Crippen molar-refractivity contribution in [2.24, 2.45) is 0 Å². The van der Waals surface area contributed by atoms with Crippen molar-refractivity contribution in [3.05, 3.63) is 89.5 Å². The first kappa shape index (κ1) is 21.1. The molecule has 3 aromatic carbocycles. The van der Waals surface area contributed by atoms with Gasteiger partial charge in [-0.05, 0) is 67.4 Å². The molecule has 1 N–H and O–H groups in total. The van der Waals surface area contributed by atoms with Crippen molar-refractivity contribution in [1.29, 1.82) is 0 Å². The maximum Gasteiger partial charge on any atom is 0.210 e. The second-order valence-electron chi connectivity index (χ2n) is 6.95. The van der Waals surface area contributed by atoms with Gasteiger partial charge in [0, 0.05) is 11.3 Å². The Morgan fingerprint density at radius 1 is 0.935 bits per heavy atom. The van der Waals surface area contributed by atoms with E-state index >= 15 is 0 Å². The summed E-state index contributed by atoms with van der Waals surface area (Å²) in [5.74, 6) is 1.98. The fourth-order valence-corrected chi connectivity index (χ4v) is 4.47. The lowest BCUT2D eigenvalue weighted by molar-refractivity contribution is 0.102. The summed E-state index contributed by atoms with van der Waals surface area (Å²) in [5, 5.41) is 12.3. The zero-order valence-electron chi connectivity index (χ0n) is 17.2. The zero-order chi connectivity index (χ0) is 21.6. The van der Waals surface area contributed by atoms with E-state index in [1.54, 1.807) is 0 Å². The van der Waals surface area contributed by atoms with Gasteiger partial charge in [-0.15, -0.1) is 10.2 Å². The lowest BCUT2D eigenvalue weighted by Gasteiger charge is -2.06. The Hall–Kier alpha value is -3.16. The van der Waals surface area contributed by atoms with E-state index in [1.807, 2.05) is 86.6 Å². The molecule has 1 aromatic heterocycles. The highest BCUT2D eigenvalue weighted by molar-refractivity contribution is 8.01. The van der Waals surface area contributed by atoms with Crippen molar-refractivity contribution in [3.8, 4) is 11.5 Å². The number of aromatic nitrogens is 2. The van der Waals surface area contributed by atoms with Gasteiger partial charge in [0.15, 0.2) is 10.1 Å². The van der Waals surface area contributed by atoms with Crippen molar-refractivity contribution < 1.29 is 9.53 Å². The molecule has 7 heteroatoms. The molecular weight excluding hydrogens is 426 g/mol. The van der Waals surface area contributed by atoms with Gasteiger partial charge in [-0.25, -0.2) is 0 Å². The van der Waals surface area contributed by atoms with Gasteiger partial charge in [0.2, 0.25) is 5.13 Å². The van der Waals surface area contributed by atoms with E-state index in [-0.39, 0.29) is 5.78 Å². The lowest BCUT2D eigenvalue weighted by Crippen LogP contribution is -2.03. The van der Waals surface area contributed by atoms with Crippen LogP contribution < -0.4 is 10.1 Å². The molecule has 0 atom stereocenters. The number of carbonyl (C=O) groups excluding carboxylic acids is 1. The quantitative estimate of drug-likeness (QED) is 0.240. The summed E-state index contributed by atoms with van der Waals surface area (Å²) in [4.78, 5) is 12.5. The lowest BCUT2D eigenvalue weighted by atomic mass is 10.0. The van der Waals surface area contributed by atoms with Gasteiger partial charge < -0.3 is 10.1 Å². The molecule has 1 heterocycles. The van der Waals surface area contributed by atoms with Crippen LogP contribution in [-0.2, 0) is 0 Å². The predicted molar refractivity (Wildman–Crippen MR) is 127 cm³/mol. The van der Waals surface area contributed by atoms with E-state index in [2.05, 4.69) is 15.5 Å². The van der Waals surface area contributed by atoms with Crippen LogP contribution in [0.4, 0.5) is 10.8 Å². The van der Waals surface area contributed by atoms with Gasteiger partial charge in [-0.1, -0.05) is 53.4 Å². The number of hydrogen-bond acceptors (Lipinski definition) is 7. The Morgan fingerprint density at radius 3 is 2.42 bits per heavy atom. The van der Waals surface area contributed by atoms with Gasteiger partial charge in [0.1, 0.15) is 11.5 Å². The monoisotopic (exact) mass is 447 g/mol. The minimum Gasteiger partial charge on any atom is -0.457 e. The Labute approximate surface area is 189 Å². The molecule has 0 saturated carbocycles. The van der Waals surface area contributed by atoms with Crippen LogP contribution in [-0.4, -0.2) is 21.7 Å². The largest absolute Gasteiger partial charge is 0.457 e. The number of aryl methyl sites for hydroxylation is 2. The summed E-state index contributed by atoms with van der Waals surface area (Å²) in [6.45, 7) is 4.06. The van der Waals surface area contributed by atoms with Crippen LogP contribution in [0.1, 0.15) is 21.5 Å². The molecule has 0 fully saturated rings. The number of benzene rings is 3. The number of ketones is 1. The van der Waals surface area contributed by atoms with Crippen LogP contribution in [0.3, 0.4) is 0 Å². The molecule has 0 aliphatic heterocycles. The van der Waals surface area contributed by atoms with E-state index in [0.717, 1.165) is 32.7 Å². The average molecular weight is 448 g/mol. The number of Topliss-reactive ketones (excluding diaryl/α,β-unsaturated/α-hetero) is 1. The highest BCUT2D eigenvalue weighted by Gasteiger charge is 2.11. The highest BCUT2D eigenvalue weighted by atomic mass is 32.2. The summed E-state index contributed by atoms with van der Waals surface area (Å²) < 4.78 is 6.56. The Balaban J connectivity index is 1.31. The third kappa shape index (κ3) is 5.71. The molecule has 0 spiro atoms. The Kier molecular flexibility index (Phi) is 6.64. The standard InChI is InChI=1S/C24H21N3O2S2/c1-16-8-9-18(14-17(16)2)22(28)15-30-24-27-26-23(31-24)25-19-10-12-21(13-11-19)29-20-6-4-3-5-7-20/h3-14H,15H2,1-2H3,(H,25,26). The molecular formula is C24H21N3O2S2. The third-order valence-electron chi connectivity index (χ3n) is 4.65. The zero-order valence-corrected chi connectivity index (χ0v) is 18.8. The minimum absolute atomic E-state index is 0.0896. The van der Waals surface area contributed by atoms with Crippen LogP contribution >= 0.6 is 23.1 Å². The van der Waals surface area contributed by atoms with Crippen LogP contribution in [0, 0.1) is 13.8 Å². The first-order chi connectivity index (χ1) is 15.1. The first-order valence-electron chi connectivity index (χ1n) is 9.73. The predicted octanol–water partition coefficient (Wildman–Crippen LogP) is 6.67. The smallest absolute Gasteiger partial charge is 0.210 e. The summed E-state index contributed by atoms with van der Waals surface area (Å²) in [7, 11) is 0. The number of nitrogens with zero attached hydrogens (tertiary/aromatic N) is 2. The summed E-state index contributed by atoms with van der Waals surface area (Å²) in [5.41, 5.74) is 3.93. The second kappa shape index (κ2) is 9.76. The van der Waals surface area contributed by atoms with Crippen LogP contribution in [0.15, 0.2) is 77.1 Å². The van der Waals surface area contributed by atoms with E-state index in [0.29, 0.717) is 10.9 Å².